The minimum absolute atomic E-state index is 0.0880. The van der Waals surface area contributed by atoms with Crippen molar-refractivity contribution in [2.24, 2.45) is 0 Å². The van der Waals surface area contributed by atoms with Crippen molar-refractivity contribution in [3.63, 3.8) is 0 Å². The second-order valence-electron chi connectivity index (χ2n) is 7.06. The van der Waals surface area contributed by atoms with Crippen LogP contribution in [0.3, 0.4) is 0 Å². The molecule has 1 N–H and O–H groups in total. The zero-order valence-corrected chi connectivity index (χ0v) is 20.0. The largest absolute Gasteiger partial charge is 0.494 e. The molecule has 0 fully saturated rings. The molecule has 0 bridgehead atoms. The second-order valence-corrected chi connectivity index (χ2v) is 8.01. The molecule has 8 heteroatoms. The summed E-state index contributed by atoms with van der Waals surface area (Å²) in [4.78, 5) is 14.7. The predicted molar refractivity (Wildman–Crippen MR) is 132 cm³/mol. The Morgan fingerprint density at radius 3 is 2.28 bits per heavy atom. The maximum absolute atomic E-state index is 12.4. The van der Waals surface area contributed by atoms with Crippen LogP contribution in [0.25, 0.3) is 11.4 Å². The summed E-state index contributed by atoms with van der Waals surface area (Å²) in [5.41, 5.74) is 2.95. The number of ether oxygens (including phenoxy) is 1. The van der Waals surface area contributed by atoms with Gasteiger partial charge in [-0.1, -0.05) is 11.8 Å². The third-order valence-corrected chi connectivity index (χ3v) is 6.04. The Morgan fingerprint density at radius 2 is 1.69 bits per heavy atom. The highest BCUT2D eigenvalue weighted by atomic mass is 32.2. The van der Waals surface area contributed by atoms with E-state index in [0.29, 0.717) is 6.61 Å². The molecule has 0 saturated heterocycles. The molecule has 3 aromatic rings. The van der Waals surface area contributed by atoms with Crippen molar-refractivity contribution in [2.75, 3.05) is 35.7 Å². The van der Waals surface area contributed by atoms with Gasteiger partial charge in [0.25, 0.3) is 0 Å². The molecule has 32 heavy (non-hydrogen) atoms. The summed E-state index contributed by atoms with van der Waals surface area (Å²) in [7, 11) is 0. The number of anilines is 2. The van der Waals surface area contributed by atoms with Gasteiger partial charge in [0.15, 0.2) is 11.0 Å². The molecule has 3 rings (SSSR count). The van der Waals surface area contributed by atoms with Crippen molar-refractivity contribution in [2.45, 2.75) is 39.4 Å². The van der Waals surface area contributed by atoms with Gasteiger partial charge in [-0.3, -0.25) is 4.79 Å². The van der Waals surface area contributed by atoms with Crippen LogP contribution < -0.4 is 15.0 Å². The van der Waals surface area contributed by atoms with Crippen LogP contribution in [0.4, 0.5) is 11.4 Å². The van der Waals surface area contributed by atoms with Gasteiger partial charge in [0.05, 0.1) is 12.4 Å². The van der Waals surface area contributed by atoms with Crippen LogP contribution in [0, 0.1) is 0 Å². The number of carbonyl (C=O) groups excluding carboxylic acids is 1. The zero-order chi connectivity index (χ0) is 22.9. The van der Waals surface area contributed by atoms with E-state index in [1.807, 2.05) is 35.8 Å². The minimum atomic E-state index is -0.0880. The molecule has 0 aliphatic carbocycles. The van der Waals surface area contributed by atoms with Gasteiger partial charge in [-0.2, -0.15) is 0 Å². The number of carbonyl (C=O) groups is 1. The number of hydrogen-bond acceptors (Lipinski definition) is 6. The quantitative estimate of drug-likeness (QED) is 0.415. The fourth-order valence-electron chi connectivity index (χ4n) is 3.43. The van der Waals surface area contributed by atoms with Crippen LogP contribution >= 0.6 is 11.8 Å². The lowest BCUT2D eigenvalue weighted by atomic mass is 10.2. The molecule has 1 aromatic heterocycles. The summed E-state index contributed by atoms with van der Waals surface area (Å²) in [6, 6.07) is 15.8. The normalized spacial score (nSPS) is 10.8. The van der Waals surface area contributed by atoms with Crippen LogP contribution in [0.5, 0.6) is 5.75 Å². The zero-order valence-electron chi connectivity index (χ0n) is 19.2. The number of aromatic nitrogens is 3. The van der Waals surface area contributed by atoms with E-state index in [2.05, 4.69) is 65.5 Å². The Bertz CT molecular complexity index is 998. The number of rotatable bonds is 11. The highest BCUT2D eigenvalue weighted by Crippen LogP contribution is 2.26. The van der Waals surface area contributed by atoms with Gasteiger partial charge in [0, 0.05) is 36.6 Å². The van der Waals surface area contributed by atoms with E-state index in [1.54, 1.807) is 0 Å². The standard InChI is InChI=1S/C24H31N5O2S/c1-5-28(6-2)20-13-9-18(10-14-20)23-26-27-24(29(23)7-3)32-17-22(30)25-19-11-15-21(16-12-19)31-8-4/h9-16H,5-8,17H2,1-4H3,(H,25,30). The Kier molecular flexibility index (Phi) is 8.56. The van der Waals surface area contributed by atoms with E-state index in [0.717, 1.165) is 47.6 Å². The molecule has 0 aliphatic rings. The Balaban J connectivity index is 1.64. The van der Waals surface area contributed by atoms with E-state index in [-0.39, 0.29) is 11.7 Å². The summed E-state index contributed by atoms with van der Waals surface area (Å²) in [6.45, 7) is 11.6. The Hall–Kier alpha value is -3.00. The molecule has 0 aliphatic heterocycles. The van der Waals surface area contributed by atoms with E-state index in [9.17, 15) is 4.79 Å². The van der Waals surface area contributed by atoms with Crippen molar-refractivity contribution in [3.05, 3.63) is 48.5 Å². The topological polar surface area (TPSA) is 72.3 Å². The summed E-state index contributed by atoms with van der Waals surface area (Å²) >= 11 is 1.39. The summed E-state index contributed by atoms with van der Waals surface area (Å²) in [6.07, 6.45) is 0. The van der Waals surface area contributed by atoms with Crippen LogP contribution in [-0.4, -0.2) is 46.1 Å². The van der Waals surface area contributed by atoms with Gasteiger partial charge in [-0.05, 0) is 76.2 Å². The highest BCUT2D eigenvalue weighted by molar-refractivity contribution is 7.99. The average molecular weight is 454 g/mol. The minimum Gasteiger partial charge on any atom is -0.494 e. The highest BCUT2D eigenvalue weighted by Gasteiger charge is 2.15. The van der Waals surface area contributed by atoms with Crippen molar-refractivity contribution in [1.29, 1.82) is 0 Å². The van der Waals surface area contributed by atoms with Crippen molar-refractivity contribution < 1.29 is 9.53 Å². The number of thioether (sulfide) groups is 1. The molecular weight excluding hydrogens is 422 g/mol. The third kappa shape index (κ3) is 5.82. The van der Waals surface area contributed by atoms with Crippen LogP contribution in [0.2, 0.25) is 0 Å². The molecular formula is C24H31N5O2S. The number of nitrogens with zero attached hydrogens (tertiary/aromatic N) is 4. The Morgan fingerprint density at radius 1 is 1.00 bits per heavy atom. The number of hydrogen-bond donors (Lipinski definition) is 1. The molecule has 0 unspecified atom stereocenters. The summed E-state index contributed by atoms with van der Waals surface area (Å²) in [5.74, 6) is 1.77. The van der Waals surface area contributed by atoms with Gasteiger partial charge < -0.3 is 19.5 Å². The molecule has 0 spiro atoms. The van der Waals surface area contributed by atoms with E-state index >= 15 is 0 Å². The third-order valence-electron chi connectivity index (χ3n) is 5.07. The first-order valence-electron chi connectivity index (χ1n) is 11.0. The van der Waals surface area contributed by atoms with Crippen molar-refractivity contribution in [1.82, 2.24) is 14.8 Å². The average Bonchev–Trinajstić information content (AvgIpc) is 3.23. The predicted octanol–water partition coefficient (Wildman–Crippen LogP) is 4.94. The Labute approximate surface area is 194 Å². The van der Waals surface area contributed by atoms with Gasteiger partial charge >= 0.3 is 0 Å². The molecule has 0 saturated carbocycles. The lowest BCUT2D eigenvalue weighted by Gasteiger charge is -2.21. The van der Waals surface area contributed by atoms with Crippen LogP contribution in [-0.2, 0) is 11.3 Å². The lowest BCUT2D eigenvalue weighted by Crippen LogP contribution is -2.21. The van der Waals surface area contributed by atoms with Gasteiger partial charge in [-0.15, -0.1) is 10.2 Å². The van der Waals surface area contributed by atoms with Crippen molar-refractivity contribution >= 4 is 29.0 Å². The maximum Gasteiger partial charge on any atom is 0.234 e. The fourth-order valence-corrected chi connectivity index (χ4v) is 4.23. The van der Waals surface area contributed by atoms with E-state index < -0.39 is 0 Å². The SMILES string of the molecule is CCOc1ccc(NC(=O)CSc2nnc(-c3ccc(N(CC)CC)cc3)n2CC)cc1. The first-order chi connectivity index (χ1) is 15.6. The smallest absolute Gasteiger partial charge is 0.234 e. The molecule has 7 nitrogen and oxygen atoms in total. The monoisotopic (exact) mass is 453 g/mol. The maximum atomic E-state index is 12.4. The molecule has 1 heterocycles. The second kappa shape index (κ2) is 11.6. The number of benzene rings is 2. The summed E-state index contributed by atoms with van der Waals surface area (Å²) in [5, 5.41) is 12.4. The van der Waals surface area contributed by atoms with Gasteiger partial charge in [0.1, 0.15) is 5.75 Å². The molecule has 0 radical (unpaired) electrons. The first kappa shape index (κ1) is 23.7. The van der Waals surface area contributed by atoms with Crippen LogP contribution in [0.1, 0.15) is 27.7 Å². The molecule has 170 valence electrons. The van der Waals surface area contributed by atoms with Gasteiger partial charge in [0.2, 0.25) is 5.91 Å². The molecule has 2 aromatic carbocycles. The molecule has 1 amide bonds. The summed E-state index contributed by atoms with van der Waals surface area (Å²) < 4.78 is 7.47. The van der Waals surface area contributed by atoms with Crippen LogP contribution in [0.15, 0.2) is 53.7 Å². The lowest BCUT2D eigenvalue weighted by molar-refractivity contribution is -0.113. The van der Waals surface area contributed by atoms with Gasteiger partial charge in [-0.25, -0.2) is 0 Å². The van der Waals surface area contributed by atoms with E-state index in [1.165, 1.54) is 17.4 Å². The number of amides is 1. The fraction of sp³-hybridized carbons (Fsp3) is 0.375. The van der Waals surface area contributed by atoms with Crippen molar-refractivity contribution in [3.8, 4) is 17.1 Å². The first-order valence-corrected chi connectivity index (χ1v) is 12.0. The number of nitrogens with one attached hydrogen (secondary N) is 1. The molecule has 0 atom stereocenters. The van der Waals surface area contributed by atoms with E-state index in [4.69, 9.17) is 4.74 Å².